The lowest BCUT2D eigenvalue weighted by molar-refractivity contribution is 0.644. The number of nitrogens with zero attached hydrogens (tertiary/aromatic N) is 2. The standard InChI is InChI=1S/C17H14N2/c1-17(2)12-7-4-3-6-11(12)16-15-13(17)8-5-9-14(15)18-10-19-16/h3-10H,1-2H3. The van der Waals surface area contributed by atoms with Crippen molar-refractivity contribution in [2.45, 2.75) is 19.3 Å². The van der Waals surface area contributed by atoms with Crippen molar-refractivity contribution >= 4 is 10.9 Å². The van der Waals surface area contributed by atoms with Gasteiger partial charge in [0.2, 0.25) is 0 Å². The minimum Gasteiger partial charge on any atom is -0.236 e. The van der Waals surface area contributed by atoms with Gasteiger partial charge in [0.1, 0.15) is 6.33 Å². The van der Waals surface area contributed by atoms with E-state index in [1.165, 1.54) is 22.1 Å². The van der Waals surface area contributed by atoms with Crippen LogP contribution in [0.25, 0.3) is 22.2 Å². The number of rotatable bonds is 0. The van der Waals surface area contributed by atoms with Gasteiger partial charge >= 0.3 is 0 Å². The van der Waals surface area contributed by atoms with Crippen molar-refractivity contribution in [3.05, 3.63) is 59.9 Å². The van der Waals surface area contributed by atoms with Crippen LogP contribution in [0.2, 0.25) is 0 Å². The third-order valence-electron chi connectivity index (χ3n) is 4.19. The molecule has 0 amide bonds. The fourth-order valence-corrected chi connectivity index (χ4v) is 3.21. The Hall–Kier alpha value is -2.22. The van der Waals surface area contributed by atoms with E-state index < -0.39 is 0 Å². The highest BCUT2D eigenvalue weighted by Gasteiger charge is 2.33. The topological polar surface area (TPSA) is 25.8 Å². The van der Waals surface area contributed by atoms with Gasteiger partial charge in [-0.1, -0.05) is 50.2 Å². The molecule has 0 radical (unpaired) electrons. The third-order valence-corrected chi connectivity index (χ3v) is 4.19. The molecular formula is C17H14N2. The summed E-state index contributed by atoms with van der Waals surface area (Å²) in [6.45, 7) is 4.55. The van der Waals surface area contributed by atoms with Gasteiger partial charge in [0.05, 0.1) is 11.2 Å². The van der Waals surface area contributed by atoms with Gasteiger partial charge in [0.15, 0.2) is 0 Å². The molecule has 1 aromatic heterocycles. The van der Waals surface area contributed by atoms with Gasteiger partial charge in [-0.25, -0.2) is 9.97 Å². The molecule has 2 heteroatoms. The minimum atomic E-state index is -0.00613. The number of hydrogen-bond acceptors (Lipinski definition) is 2. The van der Waals surface area contributed by atoms with Crippen molar-refractivity contribution < 1.29 is 0 Å². The second-order valence-electron chi connectivity index (χ2n) is 5.59. The van der Waals surface area contributed by atoms with Gasteiger partial charge in [-0.3, -0.25) is 0 Å². The smallest absolute Gasteiger partial charge is 0.116 e. The molecule has 0 spiro atoms. The van der Waals surface area contributed by atoms with Crippen LogP contribution in [-0.2, 0) is 5.41 Å². The number of fused-ring (bicyclic) bond motifs is 2. The summed E-state index contributed by atoms with van der Waals surface area (Å²) in [4.78, 5) is 8.95. The molecule has 0 bridgehead atoms. The van der Waals surface area contributed by atoms with Crippen LogP contribution in [0.4, 0.5) is 0 Å². The Morgan fingerprint density at radius 3 is 2.53 bits per heavy atom. The first-order chi connectivity index (χ1) is 9.19. The predicted molar refractivity (Wildman–Crippen MR) is 77.1 cm³/mol. The Morgan fingerprint density at radius 2 is 1.63 bits per heavy atom. The SMILES string of the molecule is CC1(C)c2ccccc2-c2ncnc3cccc1c23. The second kappa shape index (κ2) is 3.41. The average molecular weight is 246 g/mol. The molecule has 0 aliphatic heterocycles. The van der Waals surface area contributed by atoms with E-state index in [1.807, 2.05) is 0 Å². The van der Waals surface area contributed by atoms with E-state index in [4.69, 9.17) is 0 Å². The van der Waals surface area contributed by atoms with E-state index in [-0.39, 0.29) is 5.41 Å². The van der Waals surface area contributed by atoms with Crippen LogP contribution < -0.4 is 0 Å². The molecule has 0 saturated carbocycles. The third kappa shape index (κ3) is 1.26. The van der Waals surface area contributed by atoms with E-state index in [1.54, 1.807) is 6.33 Å². The van der Waals surface area contributed by atoms with Crippen LogP contribution in [0.3, 0.4) is 0 Å². The lowest BCUT2D eigenvalue weighted by atomic mass is 9.70. The molecular weight excluding hydrogens is 232 g/mol. The van der Waals surface area contributed by atoms with Crippen molar-refractivity contribution in [3.63, 3.8) is 0 Å². The van der Waals surface area contributed by atoms with Gasteiger partial charge in [-0.05, 0) is 17.2 Å². The first-order valence-electron chi connectivity index (χ1n) is 6.53. The largest absolute Gasteiger partial charge is 0.236 e. The molecule has 2 aromatic carbocycles. The number of aromatic nitrogens is 2. The van der Waals surface area contributed by atoms with Crippen LogP contribution in [-0.4, -0.2) is 9.97 Å². The van der Waals surface area contributed by atoms with E-state index in [0.717, 1.165) is 11.2 Å². The highest BCUT2D eigenvalue weighted by Crippen LogP contribution is 2.46. The van der Waals surface area contributed by atoms with Crippen LogP contribution >= 0.6 is 0 Å². The zero-order chi connectivity index (χ0) is 13.0. The quantitative estimate of drug-likeness (QED) is 0.600. The maximum atomic E-state index is 4.53. The summed E-state index contributed by atoms with van der Waals surface area (Å²) in [5, 5.41) is 1.20. The summed E-state index contributed by atoms with van der Waals surface area (Å²) in [5.41, 5.74) is 5.99. The molecule has 4 rings (SSSR count). The van der Waals surface area contributed by atoms with Crippen LogP contribution in [0.1, 0.15) is 25.0 Å². The summed E-state index contributed by atoms with van der Waals surface area (Å²) in [6.07, 6.45) is 1.66. The van der Waals surface area contributed by atoms with Crippen molar-refractivity contribution in [1.29, 1.82) is 0 Å². The lowest BCUT2D eigenvalue weighted by Gasteiger charge is -2.34. The van der Waals surface area contributed by atoms with E-state index >= 15 is 0 Å². The minimum absolute atomic E-state index is 0.00613. The normalized spacial score (nSPS) is 15.3. The van der Waals surface area contributed by atoms with Crippen molar-refractivity contribution in [1.82, 2.24) is 9.97 Å². The van der Waals surface area contributed by atoms with Crippen LogP contribution in [0, 0.1) is 0 Å². The van der Waals surface area contributed by atoms with E-state index in [0.29, 0.717) is 0 Å². The molecule has 0 unspecified atom stereocenters. The molecule has 92 valence electrons. The number of benzene rings is 2. The maximum Gasteiger partial charge on any atom is 0.116 e. The van der Waals surface area contributed by atoms with Gasteiger partial charge in [-0.15, -0.1) is 0 Å². The van der Waals surface area contributed by atoms with Crippen molar-refractivity contribution in [2.75, 3.05) is 0 Å². The summed E-state index contributed by atoms with van der Waals surface area (Å²) in [6, 6.07) is 14.9. The Kier molecular flexibility index (Phi) is 1.92. The summed E-state index contributed by atoms with van der Waals surface area (Å²) in [7, 11) is 0. The molecule has 0 saturated heterocycles. The first kappa shape index (κ1) is 10.7. The van der Waals surface area contributed by atoms with E-state index in [9.17, 15) is 0 Å². The van der Waals surface area contributed by atoms with Gasteiger partial charge < -0.3 is 0 Å². The molecule has 2 nitrogen and oxygen atoms in total. The number of hydrogen-bond donors (Lipinski definition) is 0. The fourth-order valence-electron chi connectivity index (χ4n) is 3.21. The highest BCUT2D eigenvalue weighted by atomic mass is 14.8. The van der Waals surface area contributed by atoms with Crippen molar-refractivity contribution in [2.24, 2.45) is 0 Å². The highest BCUT2D eigenvalue weighted by molar-refractivity contribution is 5.99. The van der Waals surface area contributed by atoms with Gasteiger partial charge in [0, 0.05) is 16.4 Å². The van der Waals surface area contributed by atoms with E-state index in [2.05, 4.69) is 66.3 Å². The van der Waals surface area contributed by atoms with Gasteiger partial charge in [-0.2, -0.15) is 0 Å². The first-order valence-corrected chi connectivity index (χ1v) is 6.53. The average Bonchev–Trinajstić information content (AvgIpc) is 2.45. The Morgan fingerprint density at radius 1 is 0.842 bits per heavy atom. The lowest BCUT2D eigenvalue weighted by Crippen LogP contribution is -2.24. The molecule has 1 aliphatic rings. The predicted octanol–water partition coefficient (Wildman–Crippen LogP) is 3.94. The summed E-state index contributed by atoms with van der Waals surface area (Å²) in [5.74, 6) is 0. The zero-order valence-corrected chi connectivity index (χ0v) is 11.0. The molecule has 1 aliphatic carbocycles. The Balaban J connectivity index is 2.28. The molecule has 0 fully saturated rings. The van der Waals surface area contributed by atoms with Crippen LogP contribution in [0.5, 0.6) is 0 Å². The second-order valence-corrected chi connectivity index (χ2v) is 5.59. The monoisotopic (exact) mass is 246 g/mol. The van der Waals surface area contributed by atoms with Crippen molar-refractivity contribution in [3.8, 4) is 11.3 Å². The van der Waals surface area contributed by atoms with Crippen LogP contribution in [0.15, 0.2) is 48.8 Å². The summed E-state index contributed by atoms with van der Waals surface area (Å²) >= 11 is 0. The molecule has 1 heterocycles. The van der Waals surface area contributed by atoms with Gasteiger partial charge in [0.25, 0.3) is 0 Å². The Labute approximate surface area is 112 Å². The summed E-state index contributed by atoms with van der Waals surface area (Å²) < 4.78 is 0. The molecule has 19 heavy (non-hydrogen) atoms. The molecule has 0 atom stereocenters. The Bertz CT molecular complexity index is 798. The fraction of sp³-hybridized carbons (Fsp3) is 0.176. The maximum absolute atomic E-state index is 4.53. The zero-order valence-electron chi connectivity index (χ0n) is 11.0. The molecule has 3 aromatic rings. The molecule has 0 N–H and O–H groups in total.